The molecule has 2 amide bonds. The SMILES string of the molecule is COc1ccc(CS[C@H]2C[C@@H](C(=O)N3CC[C@@H](n4ccnc4)C3)N(C(=O)OCc3ccc([N+](=O)[O-])cc3)C2)cc1. The smallest absolute Gasteiger partial charge is 0.410 e. The summed E-state index contributed by atoms with van der Waals surface area (Å²) in [4.78, 5) is 44.9. The molecule has 2 aliphatic heterocycles. The highest BCUT2D eigenvalue weighted by molar-refractivity contribution is 7.99. The van der Waals surface area contributed by atoms with Crippen LogP contribution in [0.1, 0.15) is 30.0 Å². The summed E-state index contributed by atoms with van der Waals surface area (Å²) in [6.07, 6.45) is 6.21. The fourth-order valence-electron chi connectivity index (χ4n) is 5.11. The molecular formula is C28H31N5O6S. The molecule has 12 heteroatoms. The maximum absolute atomic E-state index is 13.7. The zero-order chi connectivity index (χ0) is 28.1. The quantitative estimate of drug-likeness (QED) is 0.278. The molecule has 2 saturated heterocycles. The Labute approximate surface area is 236 Å². The summed E-state index contributed by atoms with van der Waals surface area (Å²) >= 11 is 1.72. The summed E-state index contributed by atoms with van der Waals surface area (Å²) in [7, 11) is 1.63. The molecule has 0 aliphatic carbocycles. The molecule has 0 N–H and O–H groups in total. The number of likely N-dealkylation sites (tertiary alicyclic amines) is 2. The van der Waals surface area contributed by atoms with Crippen molar-refractivity contribution in [2.45, 2.75) is 42.5 Å². The summed E-state index contributed by atoms with van der Waals surface area (Å²) in [5.74, 6) is 1.47. The van der Waals surface area contributed by atoms with E-state index in [0.717, 1.165) is 23.5 Å². The minimum atomic E-state index is -0.612. The molecule has 2 aromatic carbocycles. The molecular weight excluding hydrogens is 534 g/mol. The lowest BCUT2D eigenvalue weighted by Gasteiger charge is -2.27. The largest absolute Gasteiger partial charge is 0.497 e. The second-order valence-corrected chi connectivity index (χ2v) is 11.2. The average molecular weight is 566 g/mol. The van der Waals surface area contributed by atoms with Gasteiger partial charge in [0.1, 0.15) is 18.4 Å². The highest BCUT2D eigenvalue weighted by Gasteiger charge is 2.43. The van der Waals surface area contributed by atoms with Crippen molar-refractivity contribution in [1.29, 1.82) is 0 Å². The van der Waals surface area contributed by atoms with Gasteiger partial charge in [0.05, 0.1) is 24.4 Å². The number of benzene rings is 2. The van der Waals surface area contributed by atoms with E-state index in [-0.39, 0.29) is 29.5 Å². The van der Waals surface area contributed by atoms with E-state index in [4.69, 9.17) is 9.47 Å². The van der Waals surface area contributed by atoms with Gasteiger partial charge in [0.15, 0.2) is 0 Å². The van der Waals surface area contributed by atoms with E-state index in [1.54, 1.807) is 48.4 Å². The molecule has 2 fully saturated rings. The van der Waals surface area contributed by atoms with Gasteiger partial charge in [0, 0.05) is 55.2 Å². The number of rotatable bonds is 9. The van der Waals surface area contributed by atoms with Crippen LogP contribution < -0.4 is 4.74 Å². The Morgan fingerprint density at radius 2 is 1.85 bits per heavy atom. The van der Waals surface area contributed by atoms with Crippen molar-refractivity contribution in [3.8, 4) is 5.75 Å². The highest BCUT2D eigenvalue weighted by atomic mass is 32.2. The maximum Gasteiger partial charge on any atom is 0.410 e. The van der Waals surface area contributed by atoms with Gasteiger partial charge in [-0.15, -0.1) is 0 Å². The fraction of sp³-hybridized carbons (Fsp3) is 0.393. The van der Waals surface area contributed by atoms with Crippen LogP contribution in [0.2, 0.25) is 0 Å². The van der Waals surface area contributed by atoms with Gasteiger partial charge in [-0.1, -0.05) is 12.1 Å². The third-order valence-electron chi connectivity index (χ3n) is 7.36. The monoisotopic (exact) mass is 565 g/mol. The third-order valence-corrected chi connectivity index (χ3v) is 8.67. The second kappa shape index (κ2) is 12.4. The van der Waals surface area contributed by atoms with Crippen LogP contribution in [-0.4, -0.2) is 74.3 Å². The van der Waals surface area contributed by atoms with Gasteiger partial charge in [0.2, 0.25) is 5.91 Å². The van der Waals surface area contributed by atoms with E-state index in [9.17, 15) is 19.7 Å². The van der Waals surface area contributed by atoms with Crippen LogP contribution in [0, 0.1) is 10.1 Å². The molecule has 3 heterocycles. The van der Waals surface area contributed by atoms with E-state index < -0.39 is 17.1 Å². The Hall–Kier alpha value is -4.06. The third kappa shape index (κ3) is 6.39. The molecule has 1 aromatic heterocycles. The number of amides is 2. The highest BCUT2D eigenvalue weighted by Crippen LogP contribution is 2.33. The molecule has 5 rings (SSSR count). The lowest BCUT2D eigenvalue weighted by Crippen LogP contribution is -2.47. The number of ether oxygens (including phenoxy) is 2. The first-order valence-electron chi connectivity index (χ1n) is 13.1. The molecule has 2 aliphatic rings. The number of methoxy groups -OCH3 is 1. The molecule has 0 saturated carbocycles. The average Bonchev–Trinajstić information content (AvgIpc) is 3.76. The predicted octanol–water partition coefficient (Wildman–Crippen LogP) is 4.29. The first-order valence-corrected chi connectivity index (χ1v) is 14.1. The van der Waals surface area contributed by atoms with E-state index in [1.807, 2.05) is 39.9 Å². The number of non-ortho nitro benzene ring substituents is 1. The van der Waals surface area contributed by atoms with Gasteiger partial charge < -0.3 is 18.9 Å². The van der Waals surface area contributed by atoms with Gasteiger partial charge in [-0.2, -0.15) is 11.8 Å². The number of hydrogen-bond acceptors (Lipinski definition) is 8. The number of hydrogen-bond donors (Lipinski definition) is 0. The summed E-state index contributed by atoms with van der Waals surface area (Å²) in [6, 6.07) is 13.3. The van der Waals surface area contributed by atoms with E-state index in [0.29, 0.717) is 31.6 Å². The normalized spacial score (nSPS) is 20.5. The van der Waals surface area contributed by atoms with Gasteiger partial charge in [-0.25, -0.2) is 9.78 Å². The van der Waals surface area contributed by atoms with E-state index in [1.165, 1.54) is 12.1 Å². The van der Waals surface area contributed by atoms with Crippen LogP contribution in [0.4, 0.5) is 10.5 Å². The summed E-state index contributed by atoms with van der Waals surface area (Å²) < 4.78 is 12.8. The van der Waals surface area contributed by atoms with Crippen molar-refractivity contribution in [3.05, 3.63) is 88.5 Å². The molecule has 0 spiro atoms. The van der Waals surface area contributed by atoms with Crippen LogP contribution in [-0.2, 0) is 21.9 Å². The predicted molar refractivity (Wildman–Crippen MR) is 149 cm³/mol. The van der Waals surface area contributed by atoms with E-state index >= 15 is 0 Å². The minimum absolute atomic E-state index is 0.0309. The zero-order valence-corrected chi connectivity index (χ0v) is 22.9. The van der Waals surface area contributed by atoms with Crippen LogP contribution >= 0.6 is 11.8 Å². The molecule has 3 atom stereocenters. The molecule has 0 radical (unpaired) electrons. The number of nitrogens with zero attached hydrogens (tertiary/aromatic N) is 5. The number of nitro groups is 1. The molecule has 40 heavy (non-hydrogen) atoms. The number of carbonyl (C=O) groups is 2. The van der Waals surface area contributed by atoms with Crippen LogP contribution in [0.5, 0.6) is 5.75 Å². The standard InChI is InChI=1S/C28H31N5O6S/c1-38-24-8-4-21(5-9-24)18-40-25-14-26(27(34)30-12-10-23(15-30)31-13-11-29-19-31)32(16-25)28(35)39-17-20-2-6-22(7-3-20)33(36)37/h2-9,11,13,19,23,25-26H,10,12,14-18H2,1H3/t23-,25+,26+/m1/s1. The number of aromatic nitrogens is 2. The van der Waals surface area contributed by atoms with Crippen molar-refractivity contribution in [3.63, 3.8) is 0 Å². The Morgan fingerprint density at radius 1 is 1.10 bits per heavy atom. The number of thioether (sulfide) groups is 1. The summed E-state index contributed by atoms with van der Waals surface area (Å²) in [5.41, 5.74) is 1.74. The lowest BCUT2D eigenvalue weighted by atomic mass is 10.2. The van der Waals surface area contributed by atoms with Crippen molar-refractivity contribution >= 4 is 29.4 Å². The van der Waals surface area contributed by atoms with Crippen molar-refractivity contribution < 1.29 is 24.0 Å². The lowest BCUT2D eigenvalue weighted by molar-refractivity contribution is -0.384. The molecule has 0 unspecified atom stereocenters. The Morgan fingerprint density at radius 3 is 2.52 bits per heavy atom. The van der Waals surface area contributed by atoms with Crippen molar-refractivity contribution in [2.75, 3.05) is 26.7 Å². The van der Waals surface area contributed by atoms with Gasteiger partial charge >= 0.3 is 6.09 Å². The van der Waals surface area contributed by atoms with E-state index in [2.05, 4.69) is 4.98 Å². The summed E-state index contributed by atoms with van der Waals surface area (Å²) in [6.45, 7) is 1.55. The maximum atomic E-state index is 13.7. The minimum Gasteiger partial charge on any atom is -0.497 e. The van der Waals surface area contributed by atoms with Crippen LogP contribution in [0.25, 0.3) is 0 Å². The Bertz CT molecular complexity index is 1320. The fourth-order valence-corrected chi connectivity index (χ4v) is 6.32. The molecule has 0 bridgehead atoms. The molecule has 11 nitrogen and oxygen atoms in total. The Balaban J connectivity index is 1.24. The summed E-state index contributed by atoms with van der Waals surface area (Å²) in [5, 5.41) is 11.0. The number of carbonyl (C=O) groups excluding carboxylic acids is 2. The van der Waals surface area contributed by atoms with Gasteiger partial charge in [-0.3, -0.25) is 19.8 Å². The Kier molecular flexibility index (Phi) is 8.54. The number of nitro benzene ring substituents is 1. The zero-order valence-electron chi connectivity index (χ0n) is 22.1. The van der Waals surface area contributed by atoms with Crippen LogP contribution in [0.3, 0.4) is 0 Å². The van der Waals surface area contributed by atoms with Gasteiger partial charge in [-0.05, 0) is 48.2 Å². The topological polar surface area (TPSA) is 120 Å². The molecule has 210 valence electrons. The second-order valence-electron chi connectivity index (χ2n) is 9.90. The van der Waals surface area contributed by atoms with Gasteiger partial charge in [0.25, 0.3) is 5.69 Å². The van der Waals surface area contributed by atoms with Crippen LogP contribution in [0.15, 0.2) is 67.3 Å². The molecule has 3 aromatic rings. The first-order chi connectivity index (χ1) is 19.4. The van der Waals surface area contributed by atoms with Crippen molar-refractivity contribution in [2.24, 2.45) is 0 Å². The first kappa shape index (κ1) is 27.5. The van der Waals surface area contributed by atoms with Crippen molar-refractivity contribution in [1.82, 2.24) is 19.4 Å². The number of imidazole rings is 1.